The molecule has 0 aliphatic carbocycles. The molecule has 0 aromatic heterocycles. The first kappa shape index (κ1) is 11.3. The lowest BCUT2D eigenvalue weighted by molar-refractivity contribution is 0.732. The number of thioether (sulfide) groups is 1. The van der Waals surface area contributed by atoms with Crippen molar-refractivity contribution in [2.45, 2.75) is 6.54 Å². The summed E-state index contributed by atoms with van der Waals surface area (Å²) < 4.78 is 0. The van der Waals surface area contributed by atoms with Crippen LogP contribution in [0.25, 0.3) is 0 Å². The summed E-state index contributed by atoms with van der Waals surface area (Å²) in [6.45, 7) is 5.72. The molecule has 1 aromatic carbocycles. The van der Waals surface area contributed by atoms with Crippen LogP contribution >= 0.6 is 11.8 Å². The van der Waals surface area contributed by atoms with Gasteiger partial charge in [-0.25, -0.2) is 0 Å². The average molecular weight is 207 g/mol. The Balaban J connectivity index is 2.02. The van der Waals surface area contributed by atoms with E-state index >= 15 is 0 Å². The highest BCUT2D eigenvalue weighted by molar-refractivity contribution is 7.99. The minimum absolute atomic E-state index is 0.968. The van der Waals surface area contributed by atoms with E-state index < -0.39 is 0 Å². The molecule has 0 saturated carbocycles. The van der Waals surface area contributed by atoms with Crippen molar-refractivity contribution in [1.82, 2.24) is 5.32 Å². The first-order chi connectivity index (χ1) is 6.93. The second-order valence-corrected chi connectivity index (χ2v) is 4.18. The summed E-state index contributed by atoms with van der Waals surface area (Å²) in [6, 6.07) is 10.5. The SMILES string of the molecule is C=CCSCCNCc1ccccc1. The second-order valence-electron chi connectivity index (χ2n) is 3.03. The van der Waals surface area contributed by atoms with Gasteiger partial charge in [-0.1, -0.05) is 36.4 Å². The zero-order valence-electron chi connectivity index (χ0n) is 8.41. The molecule has 0 spiro atoms. The van der Waals surface area contributed by atoms with Crippen molar-refractivity contribution in [2.24, 2.45) is 0 Å². The average Bonchev–Trinajstić information content (AvgIpc) is 2.25. The molecule has 0 atom stereocenters. The van der Waals surface area contributed by atoms with Crippen LogP contribution in [-0.2, 0) is 6.54 Å². The van der Waals surface area contributed by atoms with Crippen LogP contribution in [0.15, 0.2) is 43.0 Å². The minimum atomic E-state index is 0.968. The maximum absolute atomic E-state index is 3.68. The maximum atomic E-state index is 3.68. The summed E-state index contributed by atoms with van der Waals surface area (Å²) in [4.78, 5) is 0. The molecule has 0 aliphatic heterocycles. The van der Waals surface area contributed by atoms with Crippen LogP contribution in [0, 0.1) is 0 Å². The zero-order valence-corrected chi connectivity index (χ0v) is 9.22. The van der Waals surface area contributed by atoms with Crippen molar-refractivity contribution < 1.29 is 0 Å². The topological polar surface area (TPSA) is 12.0 Å². The molecule has 2 heteroatoms. The first-order valence-electron chi connectivity index (χ1n) is 4.87. The van der Waals surface area contributed by atoms with Gasteiger partial charge in [0.25, 0.3) is 0 Å². The summed E-state index contributed by atoms with van der Waals surface area (Å²) >= 11 is 1.91. The molecule has 0 unspecified atom stereocenters. The molecular weight excluding hydrogens is 190 g/mol. The molecule has 0 radical (unpaired) electrons. The Kier molecular flexibility index (Phi) is 6.20. The molecule has 0 fully saturated rings. The van der Waals surface area contributed by atoms with Crippen molar-refractivity contribution >= 4 is 11.8 Å². The van der Waals surface area contributed by atoms with Crippen molar-refractivity contribution in [3.05, 3.63) is 48.6 Å². The lowest BCUT2D eigenvalue weighted by Gasteiger charge is -2.03. The smallest absolute Gasteiger partial charge is 0.0205 e. The number of benzene rings is 1. The summed E-state index contributed by atoms with van der Waals surface area (Å²) in [7, 11) is 0. The van der Waals surface area contributed by atoms with Gasteiger partial charge in [0.2, 0.25) is 0 Å². The van der Waals surface area contributed by atoms with Gasteiger partial charge < -0.3 is 5.32 Å². The first-order valence-corrected chi connectivity index (χ1v) is 6.02. The Morgan fingerprint density at radius 3 is 2.79 bits per heavy atom. The number of nitrogens with one attached hydrogen (secondary N) is 1. The lowest BCUT2D eigenvalue weighted by Crippen LogP contribution is -2.16. The van der Waals surface area contributed by atoms with Gasteiger partial charge in [-0.2, -0.15) is 11.8 Å². The third kappa shape index (κ3) is 5.10. The van der Waals surface area contributed by atoms with Crippen LogP contribution in [0.2, 0.25) is 0 Å². The van der Waals surface area contributed by atoms with Crippen LogP contribution in [0.5, 0.6) is 0 Å². The van der Waals surface area contributed by atoms with Gasteiger partial charge in [0.05, 0.1) is 0 Å². The van der Waals surface area contributed by atoms with Crippen LogP contribution < -0.4 is 5.32 Å². The quantitative estimate of drug-likeness (QED) is 0.545. The van der Waals surface area contributed by atoms with Crippen molar-refractivity contribution in [3.8, 4) is 0 Å². The highest BCUT2D eigenvalue weighted by Gasteiger charge is 1.90. The van der Waals surface area contributed by atoms with Gasteiger partial charge in [0.1, 0.15) is 0 Å². The van der Waals surface area contributed by atoms with E-state index in [9.17, 15) is 0 Å². The Labute approximate surface area is 90.6 Å². The van der Waals surface area contributed by atoms with Crippen LogP contribution in [0.1, 0.15) is 5.56 Å². The van der Waals surface area contributed by atoms with Gasteiger partial charge in [-0.3, -0.25) is 0 Å². The van der Waals surface area contributed by atoms with E-state index in [1.807, 2.05) is 23.9 Å². The molecule has 1 rings (SSSR count). The third-order valence-corrected chi connectivity index (χ3v) is 2.80. The minimum Gasteiger partial charge on any atom is -0.312 e. The molecule has 0 heterocycles. The van der Waals surface area contributed by atoms with E-state index in [1.54, 1.807) is 0 Å². The van der Waals surface area contributed by atoms with Gasteiger partial charge in [0.15, 0.2) is 0 Å². The van der Waals surface area contributed by atoms with Crippen LogP contribution in [0.3, 0.4) is 0 Å². The van der Waals surface area contributed by atoms with Gasteiger partial charge in [0, 0.05) is 24.6 Å². The molecule has 0 aliphatic rings. The van der Waals surface area contributed by atoms with E-state index in [0.717, 1.165) is 24.6 Å². The van der Waals surface area contributed by atoms with Crippen LogP contribution in [-0.4, -0.2) is 18.1 Å². The normalized spacial score (nSPS) is 10.0. The summed E-state index contributed by atoms with van der Waals surface area (Å²) in [6.07, 6.45) is 1.95. The largest absolute Gasteiger partial charge is 0.312 e. The fraction of sp³-hybridized carbons (Fsp3) is 0.333. The van der Waals surface area contributed by atoms with E-state index in [4.69, 9.17) is 0 Å². The number of hydrogen-bond donors (Lipinski definition) is 1. The molecule has 1 nitrogen and oxygen atoms in total. The van der Waals surface area contributed by atoms with E-state index in [0.29, 0.717) is 0 Å². The van der Waals surface area contributed by atoms with Gasteiger partial charge in [-0.15, -0.1) is 6.58 Å². The molecule has 1 N–H and O–H groups in total. The second kappa shape index (κ2) is 7.65. The molecular formula is C12H17NS. The lowest BCUT2D eigenvalue weighted by atomic mass is 10.2. The number of rotatable bonds is 7. The highest BCUT2D eigenvalue weighted by atomic mass is 32.2. The Morgan fingerprint density at radius 1 is 1.29 bits per heavy atom. The zero-order chi connectivity index (χ0) is 10.1. The summed E-state index contributed by atoms with van der Waals surface area (Å²) in [5.74, 6) is 2.20. The van der Waals surface area contributed by atoms with Crippen molar-refractivity contribution in [2.75, 3.05) is 18.1 Å². The van der Waals surface area contributed by atoms with E-state index in [-0.39, 0.29) is 0 Å². The van der Waals surface area contributed by atoms with Crippen LogP contribution in [0.4, 0.5) is 0 Å². The van der Waals surface area contributed by atoms with E-state index in [2.05, 4.69) is 36.2 Å². The Morgan fingerprint density at radius 2 is 2.07 bits per heavy atom. The summed E-state index contributed by atoms with van der Waals surface area (Å²) in [5.41, 5.74) is 1.35. The predicted octanol–water partition coefficient (Wildman–Crippen LogP) is 2.70. The molecule has 1 aromatic rings. The molecule has 0 amide bonds. The van der Waals surface area contributed by atoms with Gasteiger partial charge >= 0.3 is 0 Å². The predicted molar refractivity (Wildman–Crippen MR) is 65.7 cm³/mol. The Hall–Kier alpha value is -0.730. The fourth-order valence-electron chi connectivity index (χ4n) is 1.14. The van der Waals surface area contributed by atoms with Gasteiger partial charge in [-0.05, 0) is 5.56 Å². The molecule has 14 heavy (non-hydrogen) atoms. The monoisotopic (exact) mass is 207 g/mol. The highest BCUT2D eigenvalue weighted by Crippen LogP contribution is 1.99. The maximum Gasteiger partial charge on any atom is 0.0205 e. The number of hydrogen-bond acceptors (Lipinski definition) is 2. The standard InChI is InChI=1S/C12H17NS/c1-2-9-14-10-8-13-11-12-6-4-3-5-7-12/h2-7,13H,1,8-11H2. The molecule has 0 bridgehead atoms. The fourth-order valence-corrected chi connectivity index (χ4v) is 1.76. The molecule has 0 saturated heterocycles. The summed E-state index contributed by atoms with van der Waals surface area (Å²) in [5, 5.41) is 3.41. The third-order valence-electron chi connectivity index (χ3n) is 1.83. The van der Waals surface area contributed by atoms with E-state index in [1.165, 1.54) is 5.56 Å². The van der Waals surface area contributed by atoms with Crippen molar-refractivity contribution in [3.63, 3.8) is 0 Å². The van der Waals surface area contributed by atoms with Crippen molar-refractivity contribution in [1.29, 1.82) is 0 Å². The Bertz CT molecular complexity index is 246. The molecule has 76 valence electrons.